The Labute approximate surface area is 165 Å². The van der Waals surface area contributed by atoms with Crippen molar-refractivity contribution in [2.45, 2.75) is 93.9 Å². The molecule has 0 spiro atoms. The lowest BCUT2D eigenvalue weighted by atomic mass is 10.0. The molecule has 2 aromatic carbocycles. The maximum absolute atomic E-state index is 2.34. The number of hydrogen-bond donors (Lipinski definition) is 0. The van der Waals surface area contributed by atoms with Gasteiger partial charge in [-0.3, -0.25) is 0 Å². The van der Waals surface area contributed by atoms with Crippen LogP contribution in [-0.2, 0) is 25.7 Å². The molecule has 0 aliphatic rings. The largest absolute Gasteiger partial charge is 0.0776 e. The zero-order chi connectivity index (χ0) is 17.6. The van der Waals surface area contributed by atoms with Gasteiger partial charge < -0.3 is 0 Å². The molecule has 0 N–H and O–H groups in total. The van der Waals surface area contributed by atoms with Crippen LogP contribution < -0.4 is 0 Å². The van der Waals surface area contributed by atoms with E-state index in [1.165, 1.54) is 73.6 Å². The number of hydrogen-bond acceptors (Lipinski definition) is 0. The lowest BCUT2D eigenvalue weighted by Gasteiger charge is -2.02. The highest BCUT2D eigenvalue weighted by atomic mass is 14.0. The minimum Gasteiger partial charge on any atom is -0.0776 e. The minimum absolute atomic E-state index is 0. The van der Waals surface area contributed by atoms with Gasteiger partial charge in [-0.25, -0.2) is 0 Å². The SMILES string of the molecule is C.C.CCCc1ccc(CCC)cc1.CCCc1cccc(CCC)c1. The topological polar surface area (TPSA) is 0 Å². The highest BCUT2D eigenvalue weighted by molar-refractivity contribution is 5.24. The van der Waals surface area contributed by atoms with E-state index < -0.39 is 0 Å². The van der Waals surface area contributed by atoms with Gasteiger partial charge in [0.2, 0.25) is 0 Å². The van der Waals surface area contributed by atoms with Gasteiger partial charge in [0.15, 0.2) is 0 Å². The van der Waals surface area contributed by atoms with E-state index in [-0.39, 0.29) is 14.9 Å². The van der Waals surface area contributed by atoms with E-state index in [4.69, 9.17) is 0 Å². The first-order valence-corrected chi connectivity index (χ1v) is 9.89. The highest BCUT2D eigenvalue weighted by Gasteiger charge is 1.94. The Balaban J connectivity index is 0. The average molecular weight is 357 g/mol. The van der Waals surface area contributed by atoms with Crippen LogP contribution in [0.3, 0.4) is 0 Å². The van der Waals surface area contributed by atoms with Gasteiger partial charge in [-0.2, -0.15) is 0 Å². The van der Waals surface area contributed by atoms with Crippen molar-refractivity contribution in [1.82, 2.24) is 0 Å². The molecule has 0 aromatic heterocycles. The van der Waals surface area contributed by atoms with E-state index in [0.717, 1.165) is 0 Å². The number of benzene rings is 2. The molecule has 0 radical (unpaired) electrons. The second-order valence-corrected chi connectivity index (χ2v) is 6.64. The van der Waals surface area contributed by atoms with E-state index >= 15 is 0 Å². The zero-order valence-electron chi connectivity index (χ0n) is 16.3. The summed E-state index contributed by atoms with van der Waals surface area (Å²) in [7, 11) is 0. The van der Waals surface area contributed by atoms with Crippen molar-refractivity contribution < 1.29 is 0 Å². The Morgan fingerprint density at radius 1 is 0.462 bits per heavy atom. The predicted molar refractivity (Wildman–Crippen MR) is 122 cm³/mol. The van der Waals surface area contributed by atoms with Crippen molar-refractivity contribution >= 4 is 0 Å². The third-order valence-electron chi connectivity index (χ3n) is 4.17. The van der Waals surface area contributed by atoms with Gasteiger partial charge in [-0.05, 0) is 47.9 Å². The van der Waals surface area contributed by atoms with Gasteiger partial charge in [0.25, 0.3) is 0 Å². The second-order valence-electron chi connectivity index (χ2n) is 6.64. The minimum atomic E-state index is 0. The Morgan fingerprint density at radius 3 is 1.08 bits per heavy atom. The van der Waals surface area contributed by atoms with Crippen LogP contribution in [0.1, 0.15) is 90.5 Å². The van der Waals surface area contributed by atoms with Crippen LogP contribution in [-0.4, -0.2) is 0 Å². The molecule has 0 aliphatic heterocycles. The molecule has 0 saturated carbocycles. The van der Waals surface area contributed by atoms with E-state index in [1.807, 2.05) is 0 Å². The maximum atomic E-state index is 2.34. The average Bonchev–Trinajstić information content (AvgIpc) is 2.59. The smallest absolute Gasteiger partial charge is 0.0281 e. The Morgan fingerprint density at radius 2 is 0.769 bits per heavy atom. The van der Waals surface area contributed by atoms with Crippen LogP contribution in [0, 0.1) is 0 Å². The van der Waals surface area contributed by atoms with Gasteiger partial charge in [0.05, 0.1) is 0 Å². The molecule has 0 aliphatic carbocycles. The van der Waals surface area contributed by atoms with Crippen molar-refractivity contribution in [1.29, 1.82) is 0 Å². The standard InChI is InChI=1S/2C12H18.2CH4/c1-3-6-11-8-5-9-12(10-11)7-4-2;1-3-5-11-7-9-12(6-4-2)10-8-11;;/h5,8-10H,3-4,6-7H2,1-2H3;7-10H,3-6H2,1-2H3;2*1H4. The van der Waals surface area contributed by atoms with Crippen molar-refractivity contribution in [2.75, 3.05) is 0 Å². The van der Waals surface area contributed by atoms with Gasteiger partial charge in [0.1, 0.15) is 0 Å². The molecule has 148 valence electrons. The fraction of sp³-hybridized carbons (Fsp3) is 0.538. The van der Waals surface area contributed by atoms with Crippen LogP contribution in [0.2, 0.25) is 0 Å². The molecular weight excluding hydrogens is 312 g/mol. The lowest BCUT2D eigenvalue weighted by molar-refractivity contribution is 0.895. The third-order valence-corrected chi connectivity index (χ3v) is 4.17. The van der Waals surface area contributed by atoms with Crippen molar-refractivity contribution in [3.8, 4) is 0 Å². The molecule has 0 nitrogen and oxygen atoms in total. The van der Waals surface area contributed by atoms with E-state index in [1.54, 1.807) is 0 Å². The van der Waals surface area contributed by atoms with Crippen molar-refractivity contribution in [3.05, 3.63) is 70.8 Å². The summed E-state index contributed by atoms with van der Waals surface area (Å²) in [6.45, 7) is 8.90. The summed E-state index contributed by atoms with van der Waals surface area (Å²) < 4.78 is 0. The van der Waals surface area contributed by atoms with Gasteiger partial charge >= 0.3 is 0 Å². The third kappa shape index (κ3) is 11.1. The first kappa shape index (κ1) is 26.7. The van der Waals surface area contributed by atoms with Crippen LogP contribution in [0.15, 0.2) is 48.5 Å². The molecule has 0 amide bonds. The number of aryl methyl sites for hydroxylation is 4. The van der Waals surface area contributed by atoms with Gasteiger partial charge in [0, 0.05) is 0 Å². The lowest BCUT2D eigenvalue weighted by Crippen LogP contribution is -1.87. The molecule has 26 heavy (non-hydrogen) atoms. The molecular formula is C26H44. The Kier molecular flexibility index (Phi) is 17.3. The van der Waals surface area contributed by atoms with Gasteiger partial charge in [-0.1, -0.05) is 117 Å². The maximum Gasteiger partial charge on any atom is -0.0281 e. The van der Waals surface area contributed by atoms with Crippen LogP contribution in [0.25, 0.3) is 0 Å². The molecule has 0 fully saturated rings. The summed E-state index contributed by atoms with van der Waals surface area (Å²) in [6, 6.07) is 18.0. The molecule has 0 unspecified atom stereocenters. The fourth-order valence-corrected chi connectivity index (χ4v) is 2.97. The van der Waals surface area contributed by atoms with Crippen molar-refractivity contribution in [2.24, 2.45) is 0 Å². The summed E-state index contributed by atoms with van der Waals surface area (Å²) >= 11 is 0. The van der Waals surface area contributed by atoms with E-state index in [9.17, 15) is 0 Å². The second kappa shape index (κ2) is 16.9. The molecule has 0 heteroatoms. The van der Waals surface area contributed by atoms with Crippen molar-refractivity contribution in [3.63, 3.8) is 0 Å². The zero-order valence-corrected chi connectivity index (χ0v) is 16.3. The summed E-state index contributed by atoms with van der Waals surface area (Å²) in [5.41, 5.74) is 5.92. The predicted octanol–water partition coefficient (Wildman–Crippen LogP) is 8.46. The molecule has 0 saturated heterocycles. The quantitative estimate of drug-likeness (QED) is 0.445. The normalized spacial score (nSPS) is 9.38. The van der Waals surface area contributed by atoms with Crippen LogP contribution >= 0.6 is 0 Å². The molecule has 2 rings (SSSR count). The monoisotopic (exact) mass is 356 g/mol. The number of rotatable bonds is 8. The highest BCUT2D eigenvalue weighted by Crippen LogP contribution is 2.09. The summed E-state index contributed by atoms with van der Waals surface area (Å²) in [4.78, 5) is 0. The van der Waals surface area contributed by atoms with Crippen LogP contribution in [0.5, 0.6) is 0 Å². The first-order chi connectivity index (χ1) is 11.7. The van der Waals surface area contributed by atoms with E-state index in [0.29, 0.717) is 0 Å². The van der Waals surface area contributed by atoms with Gasteiger partial charge in [-0.15, -0.1) is 0 Å². The molecule has 0 atom stereocenters. The molecule has 2 aromatic rings. The fourth-order valence-electron chi connectivity index (χ4n) is 2.97. The molecule has 0 heterocycles. The Bertz CT molecular complexity index is 490. The first-order valence-electron chi connectivity index (χ1n) is 9.89. The van der Waals surface area contributed by atoms with Crippen LogP contribution in [0.4, 0.5) is 0 Å². The Hall–Kier alpha value is -1.56. The summed E-state index contributed by atoms with van der Waals surface area (Å²) in [5, 5.41) is 0. The summed E-state index contributed by atoms with van der Waals surface area (Å²) in [5.74, 6) is 0. The molecule has 0 bridgehead atoms. The summed E-state index contributed by atoms with van der Waals surface area (Å²) in [6.07, 6.45) is 9.85. The van der Waals surface area contributed by atoms with E-state index in [2.05, 4.69) is 76.2 Å².